The molecular weight excluding hydrogens is 260 g/mol. The third kappa shape index (κ3) is 2.47. The average Bonchev–Trinajstić information content (AvgIpc) is 2.84. The molecule has 0 spiro atoms. The van der Waals surface area contributed by atoms with Crippen LogP contribution in [-0.4, -0.2) is 31.5 Å². The standard InChI is InChI=1S/C10H12N2O3S2/c13-8-11-9-4-1-2-6-12(9)17(14,15)10-5-3-7-16-10/h3,5,7,9H,1-2,4,6H2. The number of isocyanates is 1. The molecule has 1 aromatic rings. The van der Waals surface area contributed by atoms with Gasteiger partial charge in [-0.1, -0.05) is 6.07 Å². The van der Waals surface area contributed by atoms with Gasteiger partial charge in [-0.15, -0.1) is 11.3 Å². The minimum Gasteiger partial charge on any atom is -0.211 e. The quantitative estimate of drug-likeness (QED) is 0.620. The lowest BCUT2D eigenvalue weighted by atomic mass is 10.1. The number of piperidine rings is 1. The number of rotatable bonds is 3. The summed E-state index contributed by atoms with van der Waals surface area (Å²) in [6, 6.07) is 3.26. The molecule has 0 N–H and O–H groups in total. The van der Waals surface area contributed by atoms with Crippen molar-refractivity contribution in [2.75, 3.05) is 6.54 Å². The predicted molar refractivity (Wildman–Crippen MR) is 64.0 cm³/mol. The van der Waals surface area contributed by atoms with Crippen molar-refractivity contribution in [2.24, 2.45) is 4.99 Å². The van der Waals surface area contributed by atoms with Gasteiger partial charge in [0.05, 0.1) is 0 Å². The second kappa shape index (κ2) is 5.10. The number of nitrogens with zero attached hydrogens (tertiary/aromatic N) is 2. The SMILES string of the molecule is O=C=NC1CCCCN1S(=O)(=O)c1cccs1. The predicted octanol–water partition coefficient (Wildman–Crippen LogP) is 1.58. The van der Waals surface area contributed by atoms with Crippen LogP contribution < -0.4 is 0 Å². The first kappa shape index (κ1) is 12.4. The Labute approximate surface area is 104 Å². The Balaban J connectivity index is 2.34. The number of aliphatic imine (C=N–C) groups is 1. The van der Waals surface area contributed by atoms with Crippen LogP contribution in [0.2, 0.25) is 0 Å². The van der Waals surface area contributed by atoms with Crippen LogP contribution in [0.5, 0.6) is 0 Å². The number of sulfonamides is 1. The summed E-state index contributed by atoms with van der Waals surface area (Å²) < 4.78 is 26.2. The molecule has 1 saturated heterocycles. The molecule has 1 aliphatic heterocycles. The molecule has 0 aromatic carbocycles. The molecule has 0 aliphatic carbocycles. The van der Waals surface area contributed by atoms with Crippen LogP contribution in [0, 0.1) is 0 Å². The van der Waals surface area contributed by atoms with Crippen LogP contribution in [0.3, 0.4) is 0 Å². The van der Waals surface area contributed by atoms with E-state index in [0.29, 0.717) is 17.2 Å². The molecule has 17 heavy (non-hydrogen) atoms. The molecule has 1 unspecified atom stereocenters. The fraction of sp³-hybridized carbons (Fsp3) is 0.500. The summed E-state index contributed by atoms with van der Waals surface area (Å²) >= 11 is 1.17. The average molecular weight is 272 g/mol. The highest BCUT2D eigenvalue weighted by molar-refractivity contribution is 7.91. The molecule has 5 nitrogen and oxygen atoms in total. The van der Waals surface area contributed by atoms with E-state index in [1.54, 1.807) is 17.5 Å². The van der Waals surface area contributed by atoms with Gasteiger partial charge in [0, 0.05) is 6.54 Å². The maximum atomic E-state index is 12.3. The topological polar surface area (TPSA) is 66.8 Å². The second-order valence-corrected chi connectivity index (χ2v) is 6.81. The Morgan fingerprint density at radius 3 is 2.94 bits per heavy atom. The van der Waals surface area contributed by atoms with Crippen LogP contribution >= 0.6 is 11.3 Å². The van der Waals surface area contributed by atoms with Gasteiger partial charge in [0.1, 0.15) is 10.4 Å². The van der Waals surface area contributed by atoms with Gasteiger partial charge in [-0.05, 0) is 30.7 Å². The minimum absolute atomic E-state index is 0.297. The van der Waals surface area contributed by atoms with E-state index in [2.05, 4.69) is 4.99 Å². The van der Waals surface area contributed by atoms with Gasteiger partial charge in [-0.2, -0.15) is 9.30 Å². The maximum absolute atomic E-state index is 12.3. The van der Waals surface area contributed by atoms with E-state index in [1.165, 1.54) is 21.7 Å². The summed E-state index contributed by atoms with van der Waals surface area (Å²) in [5.74, 6) is 0. The van der Waals surface area contributed by atoms with E-state index in [0.717, 1.165) is 12.8 Å². The first-order valence-electron chi connectivity index (χ1n) is 5.28. The molecule has 2 heterocycles. The lowest BCUT2D eigenvalue weighted by Gasteiger charge is -2.30. The highest BCUT2D eigenvalue weighted by Gasteiger charge is 2.33. The van der Waals surface area contributed by atoms with E-state index in [1.807, 2.05) is 0 Å². The number of carbonyl (C=O) groups excluding carboxylic acids is 1. The van der Waals surface area contributed by atoms with Crippen LogP contribution in [-0.2, 0) is 14.8 Å². The molecule has 0 amide bonds. The van der Waals surface area contributed by atoms with E-state index in [4.69, 9.17) is 0 Å². The molecule has 1 aromatic heterocycles. The van der Waals surface area contributed by atoms with Gasteiger partial charge >= 0.3 is 0 Å². The molecule has 1 atom stereocenters. The molecule has 0 radical (unpaired) electrons. The van der Waals surface area contributed by atoms with Gasteiger partial charge in [0.15, 0.2) is 0 Å². The zero-order chi connectivity index (χ0) is 12.3. The lowest BCUT2D eigenvalue weighted by molar-refractivity contribution is 0.260. The summed E-state index contributed by atoms with van der Waals surface area (Å²) in [5, 5.41) is 1.72. The van der Waals surface area contributed by atoms with Crippen molar-refractivity contribution >= 4 is 27.4 Å². The summed E-state index contributed by atoms with van der Waals surface area (Å²) in [6.45, 7) is 0.413. The Hall–Kier alpha value is -1.01. The third-order valence-electron chi connectivity index (χ3n) is 2.68. The molecule has 2 rings (SSSR count). The monoisotopic (exact) mass is 272 g/mol. The fourth-order valence-electron chi connectivity index (χ4n) is 1.88. The zero-order valence-electron chi connectivity index (χ0n) is 9.07. The molecule has 1 aliphatic rings. The van der Waals surface area contributed by atoms with E-state index in [-0.39, 0.29) is 0 Å². The summed E-state index contributed by atoms with van der Waals surface area (Å²) in [5.41, 5.74) is 0. The highest BCUT2D eigenvalue weighted by atomic mass is 32.2. The Kier molecular flexibility index (Phi) is 3.73. The van der Waals surface area contributed by atoms with Crippen molar-refractivity contribution in [1.82, 2.24) is 4.31 Å². The Bertz CT molecular complexity index is 518. The van der Waals surface area contributed by atoms with Crippen LogP contribution in [0.15, 0.2) is 26.7 Å². The summed E-state index contributed by atoms with van der Waals surface area (Å²) in [6.07, 6.45) is 3.13. The fourth-order valence-corrected chi connectivity index (χ4v) is 4.60. The maximum Gasteiger partial charge on any atom is 0.254 e. The van der Waals surface area contributed by atoms with Crippen molar-refractivity contribution in [2.45, 2.75) is 29.6 Å². The Morgan fingerprint density at radius 2 is 2.29 bits per heavy atom. The van der Waals surface area contributed by atoms with E-state index in [9.17, 15) is 13.2 Å². The van der Waals surface area contributed by atoms with Crippen LogP contribution in [0.25, 0.3) is 0 Å². The van der Waals surface area contributed by atoms with Gasteiger partial charge < -0.3 is 0 Å². The van der Waals surface area contributed by atoms with Gasteiger partial charge in [-0.3, -0.25) is 0 Å². The number of hydrogen-bond donors (Lipinski definition) is 0. The van der Waals surface area contributed by atoms with Crippen molar-refractivity contribution < 1.29 is 13.2 Å². The van der Waals surface area contributed by atoms with Crippen molar-refractivity contribution in [3.8, 4) is 0 Å². The van der Waals surface area contributed by atoms with Crippen molar-refractivity contribution in [1.29, 1.82) is 0 Å². The minimum atomic E-state index is -3.51. The van der Waals surface area contributed by atoms with Crippen LogP contribution in [0.4, 0.5) is 0 Å². The smallest absolute Gasteiger partial charge is 0.211 e. The van der Waals surface area contributed by atoms with Crippen molar-refractivity contribution in [3.63, 3.8) is 0 Å². The normalized spacial score (nSPS) is 22.0. The molecule has 1 fully saturated rings. The molecule has 92 valence electrons. The number of hydrogen-bond acceptors (Lipinski definition) is 5. The zero-order valence-corrected chi connectivity index (χ0v) is 10.7. The number of thiophene rings is 1. The summed E-state index contributed by atoms with van der Waals surface area (Å²) in [7, 11) is -3.51. The van der Waals surface area contributed by atoms with Gasteiger partial charge in [0.2, 0.25) is 6.08 Å². The van der Waals surface area contributed by atoms with E-state index < -0.39 is 16.2 Å². The van der Waals surface area contributed by atoms with Gasteiger partial charge in [-0.25, -0.2) is 13.2 Å². The molecule has 0 saturated carbocycles. The summed E-state index contributed by atoms with van der Waals surface area (Å²) in [4.78, 5) is 13.9. The first-order chi connectivity index (χ1) is 8.16. The third-order valence-corrected chi connectivity index (χ3v) is 5.95. The molecular formula is C10H12N2O3S2. The molecule has 0 bridgehead atoms. The highest BCUT2D eigenvalue weighted by Crippen LogP contribution is 2.27. The largest absolute Gasteiger partial charge is 0.254 e. The Morgan fingerprint density at radius 1 is 1.47 bits per heavy atom. The van der Waals surface area contributed by atoms with E-state index >= 15 is 0 Å². The lowest BCUT2D eigenvalue weighted by Crippen LogP contribution is -2.42. The van der Waals surface area contributed by atoms with Gasteiger partial charge in [0.25, 0.3) is 10.0 Å². The van der Waals surface area contributed by atoms with Crippen LogP contribution in [0.1, 0.15) is 19.3 Å². The molecule has 7 heteroatoms. The second-order valence-electron chi connectivity index (χ2n) is 3.74. The van der Waals surface area contributed by atoms with Crippen molar-refractivity contribution in [3.05, 3.63) is 17.5 Å². The first-order valence-corrected chi connectivity index (χ1v) is 7.60.